The molecule has 0 aliphatic carbocycles. The van der Waals surface area contributed by atoms with Crippen LogP contribution < -0.4 is 19.2 Å². The molecule has 4 heterocycles. The monoisotopic (exact) mass is 1010 g/mol. The number of halogens is 4. The van der Waals surface area contributed by atoms with Crippen molar-refractivity contribution in [1.82, 2.24) is 19.4 Å². The predicted molar refractivity (Wildman–Crippen MR) is 244 cm³/mol. The van der Waals surface area contributed by atoms with Crippen LogP contribution in [0.1, 0.15) is 88.0 Å². The highest BCUT2D eigenvalue weighted by Gasteiger charge is 2.37. The lowest BCUT2D eigenvalue weighted by molar-refractivity contribution is -0.124. The van der Waals surface area contributed by atoms with Gasteiger partial charge in [-0.2, -0.15) is 10.5 Å². The molecule has 6 rings (SSSR count). The number of ether oxygens (including phenoxy) is 2. The van der Waals surface area contributed by atoms with Crippen molar-refractivity contribution in [2.45, 2.75) is 58.5 Å². The van der Waals surface area contributed by atoms with Crippen molar-refractivity contribution in [3.05, 3.63) is 116 Å². The standard InChI is InChI=1S/C24H26ClFN4O5S.C21H20F2N4O5S/c1-3-21-19(24(32)35-4-2)11-17(13-27)22(28-21)30-9-7-15(8-10-30)23(31)29-36(33,34)14-16-5-6-18(25)12-20(16)26;1-3-32-21(29)17-6-14(8-24)19(25-12(17)2)27-9-15(10-27)20(28)26-33(30,31)11-13-4-5-16(22)7-18(13)23/h5-6,11-12,15H,3-4,7-10,14H2,1-2H3,(H,29,31);4-7,15H,3,9-11H2,1-2H3,(H,26,28). The van der Waals surface area contributed by atoms with Gasteiger partial charge in [0.25, 0.3) is 0 Å². The van der Waals surface area contributed by atoms with Crippen molar-refractivity contribution in [1.29, 1.82) is 10.5 Å². The van der Waals surface area contributed by atoms with E-state index in [1.165, 1.54) is 24.3 Å². The van der Waals surface area contributed by atoms with Gasteiger partial charge < -0.3 is 19.3 Å². The van der Waals surface area contributed by atoms with Crippen molar-refractivity contribution in [3.63, 3.8) is 0 Å². The van der Waals surface area contributed by atoms with Crippen LogP contribution in [-0.4, -0.2) is 89.9 Å². The second-order valence-corrected chi connectivity index (χ2v) is 19.5. The molecule has 2 aliphatic heterocycles. The van der Waals surface area contributed by atoms with Crippen LogP contribution in [0.5, 0.6) is 0 Å². The highest BCUT2D eigenvalue weighted by Crippen LogP contribution is 2.30. The van der Waals surface area contributed by atoms with Gasteiger partial charge >= 0.3 is 11.9 Å². The molecule has 69 heavy (non-hydrogen) atoms. The summed E-state index contributed by atoms with van der Waals surface area (Å²) < 4.78 is 104. The maximum atomic E-state index is 14.0. The molecule has 0 saturated carbocycles. The van der Waals surface area contributed by atoms with E-state index in [1.54, 1.807) is 25.7 Å². The molecule has 0 atom stereocenters. The molecule has 2 aliphatic rings. The van der Waals surface area contributed by atoms with Crippen LogP contribution in [0.15, 0.2) is 48.5 Å². The normalized spacial score (nSPS) is 14.0. The van der Waals surface area contributed by atoms with Gasteiger partial charge in [-0.15, -0.1) is 0 Å². The van der Waals surface area contributed by atoms with E-state index in [0.29, 0.717) is 55.6 Å². The third-order valence-corrected chi connectivity index (χ3v) is 13.4. The first-order chi connectivity index (χ1) is 32.6. The van der Waals surface area contributed by atoms with Crippen molar-refractivity contribution in [2.75, 3.05) is 49.2 Å². The summed E-state index contributed by atoms with van der Waals surface area (Å²) in [6.07, 6.45) is 1.10. The van der Waals surface area contributed by atoms with Crippen LogP contribution in [0.2, 0.25) is 5.02 Å². The predicted octanol–water partition coefficient (Wildman–Crippen LogP) is 5.15. The molecule has 2 saturated heterocycles. The number of aromatic nitrogens is 2. The zero-order chi connectivity index (χ0) is 50.8. The average Bonchev–Trinajstić information content (AvgIpc) is 3.27. The third kappa shape index (κ3) is 13.7. The molecule has 18 nitrogen and oxygen atoms in total. The number of anilines is 2. The summed E-state index contributed by atoms with van der Waals surface area (Å²) in [6, 6.07) is 13.0. The number of nitrogens with one attached hydrogen (secondary N) is 2. The van der Waals surface area contributed by atoms with Gasteiger partial charge in [-0.3, -0.25) is 19.0 Å². The van der Waals surface area contributed by atoms with E-state index >= 15 is 0 Å². The van der Waals surface area contributed by atoms with Gasteiger partial charge in [0.1, 0.15) is 41.2 Å². The number of piperidine rings is 1. The minimum absolute atomic E-state index is 0.0894. The van der Waals surface area contributed by atoms with E-state index in [-0.39, 0.29) is 70.5 Å². The molecule has 2 aromatic heterocycles. The van der Waals surface area contributed by atoms with Gasteiger partial charge in [-0.05, 0) is 70.4 Å². The molecule has 0 spiro atoms. The SMILES string of the molecule is CCOC(=O)c1cc(C#N)c(N2CC(C(=O)NS(=O)(=O)Cc3ccc(F)cc3F)C2)nc1C.CCOC(=O)c1cc(C#N)c(N2CCC(C(=O)NS(=O)(=O)Cc3ccc(Cl)cc3F)CC2)nc1CC. The fourth-order valence-electron chi connectivity index (χ4n) is 7.25. The van der Waals surface area contributed by atoms with Crippen LogP contribution in [-0.2, 0) is 57.0 Å². The lowest BCUT2D eigenvalue weighted by Crippen LogP contribution is -2.55. The second kappa shape index (κ2) is 23.0. The maximum absolute atomic E-state index is 14.0. The number of pyridine rings is 2. The van der Waals surface area contributed by atoms with Crippen molar-refractivity contribution in [3.8, 4) is 12.1 Å². The number of esters is 2. The first-order valence-electron chi connectivity index (χ1n) is 21.3. The Morgan fingerprint density at radius 2 is 1.22 bits per heavy atom. The van der Waals surface area contributed by atoms with E-state index in [0.717, 1.165) is 18.2 Å². The third-order valence-electron chi connectivity index (χ3n) is 10.8. The van der Waals surface area contributed by atoms with Crippen molar-refractivity contribution >= 4 is 67.0 Å². The van der Waals surface area contributed by atoms with Crippen LogP contribution >= 0.6 is 11.6 Å². The molecule has 2 N–H and O–H groups in total. The van der Waals surface area contributed by atoms with E-state index in [9.17, 15) is 59.7 Å². The molecule has 0 bridgehead atoms. The zero-order valence-corrected chi connectivity index (χ0v) is 40.0. The number of rotatable bonds is 15. The topological polar surface area (TPSA) is 259 Å². The van der Waals surface area contributed by atoms with Crippen molar-refractivity contribution < 1.29 is 58.7 Å². The molecule has 0 unspecified atom stereocenters. The first-order valence-corrected chi connectivity index (χ1v) is 25.0. The number of hydrogen-bond acceptors (Lipinski definition) is 16. The Balaban J connectivity index is 0.000000258. The number of nitrogens with zero attached hydrogens (tertiary/aromatic N) is 6. The zero-order valence-electron chi connectivity index (χ0n) is 37.6. The Labute approximate surface area is 401 Å². The van der Waals surface area contributed by atoms with Gasteiger partial charge in [0, 0.05) is 54.3 Å². The van der Waals surface area contributed by atoms with Crippen LogP contribution in [0, 0.1) is 58.9 Å². The smallest absolute Gasteiger partial charge is 0.340 e. The molecule has 366 valence electrons. The Morgan fingerprint density at radius 1 is 0.725 bits per heavy atom. The summed E-state index contributed by atoms with van der Waals surface area (Å²) in [5.74, 6) is -7.37. The summed E-state index contributed by atoms with van der Waals surface area (Å²) in [7, 11) is -8.33. The molecule has 4 aromatic rings. The fourth-order valence-corrected chi connectivity index (χ4v) is 9.79. The van der Waals surface area contributed by atoms with E-state index in [2.05, 4.69) is 16.0 Å². The van der Waals surface area contributed by atoms with Crippen molar-refractivity contribution in [2.24, 2.45) is 11.8 Å². The van der Waals surface area contributed by atoms with Crippen LogP contribution in [0.3, 0.4) is 0 Å². The summed E-state index contributed by atoms with van der Waals surface area (Å²) in [6.45, 7) is 8.03. The van der Waals surface area contributed by atoms with Crippen LogP contribution in [0.4, 0.5) is 24.8 Å². The minimum Gasteiger partial charge on any atom is -0.462 e. The quantitative estimate of drug-likeness (QED) is 0.146. The second-order valence-electron chi connectivity index (χ2n) is 15.6. The van der Waals surface area contributed by atoms with Crippen LogP contribution in [0.25, 0.3) is 0 Å². The molecule has 0 radical (unpaired) electrons. The van der Waals surface area contributed by atoms with Gasteiger partial charge in [0.2, 0.25) is 31.9 Å². The number of nitriles is 2. The molecule has 2 amide bonds. The summed E-state index contributed by atoms with van der Waals surface area (Å²) in [4.78, 5) is 61.6. The lowest BCUT2D eigenvalue weighted by atomic mass is 9.96. The van der Waals surface area contributed by atoms with Gasteiger partial charge in [0.05, 0.1) is 64.3 Å². The first kappa shape index (κ1) is 53.1. The number of sulfonamides is 2. The highest BCUT2D eigenvalue weighted by molar-refractivity contribution is 7.89. The Kier molecular flexibility index (Phi) is 17.7. The van der Waals surface area contributed by atoms with Gasteiger partial charge in [-0.1, -0.05) is 30.7 Å². The van der Waals surface area contributed by atoms with E-state index < -0.39 is 84.6 Å². The maximum Gasteiger partial charge on any atom is 0.340 e. The number of hydrogen-bond donors (Lipinski definition) is 2. The van der Waals surface area contributed by atoms with Gasteiger partial charge in [-0.25, -0.2) is 49.6 Å². The minimum atomic E-state index is -4.21. The molecule has 24 heteroatoms. The summed E-state index contributed by atoms with van der Waals surface area (Å²) in [5.41, 5.74) is 1.21. The number of carbonyl (C=O) groups excluding carboxylic acids is 4. The molecule has 2 fully saturated rings. The molecular weight excluding hydrogens is 969 g/mol. The average molecular weight is 1020 g/mol. The Morgan fingerprint density at radius 3 is 1.72 bits per heavy atom. The summed E-state index contributed by atoms with van der Waals surface area (Å²) >= 11 is 5.69. The fraction of sp³-hybridized carbons (Fsp3) is 0.378. The molecular formula is C45H46ClF3N8O10S2. The number of benzene rings is 2. The number of carbonyl (C=O) groups is 4. The van der Waals surface area contributed by atoms with E-state index in [1.807, 2.05) is 27.3 Å². The number of amides is 2. The summed E-state index contributed by atoms with van der Waals surface area (Å²) in [5, 5.41) is 19.2. The Hall–Kier alpha value is -6.82. The van der Waals surface area contributed by atoms with Gasteiger partial charge in [0.15, 0.2) is 0 Å². The highest BCUT2D eigenvalue weighted by atomic mass is 35.5. The molecule has 2 aromatic carbocycles. The van der Waals surface area contributed by atoms with E-state index in [4.69, 9.17) is 21.1 Å². The Bertz CT molecular complexity index is 2960. The number of aryl methyl sites for hydroxylation is 2. The lowest BCUT2D eigenvalue weighted by Gasteiger charge is -2.39. The largest absolute Gasteiger partial charge is 0.462 e.